The molecule has 0 aromatic carbocycles. The molecule has 0 aromatic rings. The average Bonchev–Trinajstić information content (AvgIpc) is 3.15. The van der Waals surface area contributed by atoms with E-state index in [-0.39, 0.29) is 17.9 Å². The second-order valence-corrected chi connectivity index (χ2v) is 7.60. The van der Waals surface area contributed by atoms with Gasteiger partial charge in [-0.15, -0.1) is 0 Å². The molecule has 0 unspecified atom stereocenters. The van der Waals surface area contributed by atoms with Crippen molar-refractivity contribution in [1.29, 1.82) is 0 Å². The van der Waals surface area contributed by atoms with Gasteiger partial charge in [0.15, 0.2) is 0 Å². The van der Waals surface area contributed by atoms with Crippen LogP contribution in [0.1, 0.15) is 78.1 Å². The van der Waals surface area contributed by atoms with Crippen molar-refractivity contribution in [1.82, 2.24) is 10.6 Å². The highest BCUT2D eigenvalue weighted by atomic mass is 19.4. The molecule has 1 heterocycles. The van der Waals surface area contributed by atoms with Crippen LogP contribution in [0.5, 0.6) is 0 Å². The number of carbonyl (C=O) groups excluding carboxylic acids is 1. The third kappa shape index (κ3) is 14.6. The molecule has 1 rings (SSSR count). The number of unbranched alkanes of at least 4 members (excludes halogenated alkanes) is 8. The molecule has 1 aliphatic heterocycles. The zero-order chi connectivity index (χ0) is 22.8. The van der Waals surface area contributed by atoms with Gasteiger partial charge < -0.3 is 20.5 Å². The smallest absolute Gasteiger partial charge is 0.475 e. The number of amides is 1. The minimum atomic E-state index is -5.08. The van der Waals surface area contributed by atoms with Crippen molar-refractivity contribution < 1.29 is 32.6 Å². The summed E-state index contributed by atoms with van der Waals surface area (Å²) in [5.41, 5.74) is 0. The van der Waals surface area contributed by atoms with Crippen LogP contribution in [-0.2, 0) is 14.3 Å². The van der Waals surface area contributed by atoms with Gasteiger partial charge in [-0.2, -0.15) is 13.2 Å². The first-order valence-corrected chi connectivity index (χ1v) is 11.1. The Morgan fingerprint density at radius 2 is 1.50 bits per heavy atom. The molecular weight excluding hydrogens is 401 g/mol. The number of halogens is 3. The number of aliphatic carboxylic acids is 1. The second kappa shape index (κ2) is 17.3. The number of alkyl halides is 3. The molecule has 0 aliphatic carbocycles. The summed E-state index contributed by atoms with van der Waals surface area (Å²) in [6.45, 7) is 7.61. The molecule has 1 fully saturated rings. The number of nitrogens with one attached hydrogen (secondary N) is 2. The number of rotatable bonds is 14. The van der Waals surface area contributed by atoms with Crippen molar-refractivity contribution in [2.75, 3.05) is 26.2 Å². The predicted molar refractivity (Wildman–Crippen MR) is 110 cm³/mol. The quantitative estimate of drug-likeness (QED) is 0.351. The molecule has 1 amide bonds. The van der Waals surface area contributed by atoms with Crippen LogP contribution in [0.2, 0.25) is 0 Å². The van der Waals surface area contributed by atoms with Gasteiger partial charge in [0.05, 0.1) is 12.0 Å². The van der Waals surface area contributed by atoms with Crippen LogP contribution in [-0.4, -0.2) is 55.5 Å². The van der Waals surface area contributed by atoms with Gasteiger partial charge in [0, 0.05) is 26.2 Å². The van der Waals surface area contributed by atoms with Gasteiger partial charge in [-0.05, 0) is 12.8 Å². The van der Waals surface area contributed by atoms with E-state index in [0.29, 0.717) is 0 Å². The monoisotopic (exact) mass is 440 g/mol. The van der Waals surface area contributed by atoms with E-state index in [4.69, 9.17) is 14.6 Å². The van der Waals surface area contributed by atoms with E-state index in [0.717, 1.165) is 39.1 Å². The lowest BCUT2D eigenvalue weighted by Crippen LogP contribution is -2.38. The zero-order valence-corrected chi connectivity index (χ0v) is 18.4. The van der Waals surface area contributed by atoms with Gasteiger partial charge in [-0.1, -0.05) is 65.2 Å². The van der Waals surface area contributed by atoms with Crippen LogP contribution in [0.3, 0.4) is 0 Å². The van der Waals surface area contributed by atoms with Crippen molar-refractivity contribution in [2.45, 2.75) is 90.3 Å². The van der Waals surface area contributed by atoms with E-state index in [1.165, 1.54) is 51.4 Å². The number of carboxylic acid groups (broad SMARTS) is 1. The predicted octanol–water partition coefficient (Wildman–Crippen LogP) is 4.28. The van der Waals surface area contributed by atoms with Gasteiger partial charge >= 0.3 is 12.1 Å². The van der Waals surface area contributed by atoms with E-state index >= 15 is 0 Å². The van der Waals surface area contributed by atoms with Crippen molar-refractivity contribution in [3.05, 3.63) is 0 Å². The van der Waals surface area contributed by atoms with Gasteiger partial charge in [0.1, 0.15) is 0 Å². The molecule has 0 spiro atoms. The lowest BCUT2D eigenvalue weighted by atomic mass is 10.1. The first-order chi connectivity index (χ1) is 14.2. The molecule has 0 bridgehead atoms. The van der Waals surface area contributed by atoms with Crippen LogP contribution >= 0.6 is 0 Å². The van der Waals surface area contributed by atoms with Crippen LogP contribution in [0.15, 0.2) is 0 Å². The highest BCUT2D eigenvalue weighted by Crippen LogP contribution is 2.15. The molecule has 0 radical (unpaired) electrons. The van der Waals surface area contributed by atoms with Crippen molar-refractivity contribution >= 4 is 11.9 Å². The van der Waals surface area contributed by atoms with Crippen LogP contribution in [0.4, 0.5) is 13.2 Å². The largest absolute Gasteiger partial charge is 0.490 e. The minimum Gasteiger partial charge on any atom is -0.475 e. The highest BCUT2D eigenvalue weighted by molar-refractivity contribution is 5.79. The summed E-state index contributed by atoms with van der Waals surface area (Å²) in [5.74, 6) is -2.60. The third-order valence-corrected chi connectivity index (χ3v) is 4.90. The Bertz CT molecular complexity index is 462. The molecular formula is C21H39F3N2O4. The van der Waals surface area contributed by atoms with Crippen LogP contribution in [0, 0.1) is 5.92 Å². The van der Waals surface area contributed by atoms with Crippen molar-refractivity contribution in [3.8, 4) is 0 Å². The second-order valence-electron chi connectivity index (χ2n) is 7.60. The summed E-state index contributed by atoms with van der Waals surface area (Å²) in [4.78, 5) is 21.2. The topological polar surface area (TPSA) is 87.7 Å². The molecule has 1 aliphatic rings. The molecule has 178 valence electrons. The normalized spacial score (nSPS) is 18.6. The van der Waals surface area contributed by atoms with E-state index < -0.39 is 12.1 Å². The minimum absolute atomic E-state index is 0.0127. The van der Waals surface area contributed by atoms with Crippen molar-refractivity contribution in [2.24, 2.45) is 5.92 Å². The summed E-state index contributed by atoms with van der Waals surface area (Å²) in [7, 11) is 0. The number of carbonyl (C=O) groups is 2. The first-order valence-electron chi connectivity index (χ1n) is 11.1. The van der Waals surface area contributed by atoms with Crippen LogP contribution in [0.25, 0.3) is 0 Å². The summed E-state index contributed by atoms with van der Waals surface area (Å²) < 4.78 is 37.7. The number of carboxylic acids is 1. The van der Waals surface area contributed by atoms with Crippen molar-refractivity contribution in [3.63, 3.8) is 0 Å². The maximum atomic E-state index is 12.3. The Kier molecular flexibility index (Phi) is 16.6. The number of hydrogen-bond acceptors (Lipinski definition) is 4. The summed E-state index contributed by atoms with van der Waals surface area (Å²) in [6.07, 6.45) is 7.36. The fraction of sp³-hybridized carbons (Fsp3) is 0.905. The lowest BCUT2D eigenvalue weighted by Gasteiger charge is -2.19. The van der Waals surface area contributed by atoms with Gasteiger partial charge in [0.2, 0.25) is 5.91 Å². The maximum Gasteiger partial charge on any atom is 0.490 e. The molecule has 1 saturated heterocycles. The fourth-order valence-electron chi connectivity index (χ4n) is 3.10. The van der Waals surface area contributed by atoms with E-state index in [9.17, 15) is 18.0 Å². The van der Waals surface area contributed by atoms with Gasteiger partial charge in [0.25, 0.3) is 0 Å². The summed E-state index contributed by atoms with van der Waals surface area (Å²) >= 11 is 0. The molecule has 0 aromatic heterocycles. The van der Waals surface area contributed by atoms with Gasteiger partial charge in [-0.25, -0.2) is 4.79 Å². The number of hydrogen-bond donors (Lipinski definition) is 3. The van der Waals surface area contributed by atoms with E-state index in [1.807, 2.05) is 0 Å². The molecule has 9 heteroatoms. The van der Waals surface area contributed by atoms with E-state index in [2.05, 4.69) is 24.5 Å². The summed E-state index contributed by atoms with van der Waals surface area (Å²) in [5, 5.41) is 13.5. The molecule has 2 atom stereocenters. The maximum absolute atomic E-state index is 12.3. The van der Waals surface area contributed by atoms with E-state index in [1.54, 1.807) is 0 Å². The molecule has 30 heavy (non-hydrogen) atoms. The van der Waals surface area contributed by atoms with Crippen LogP contribution < -0.4 is 10.6 Å². The van der Waals surface area contributed by atoms with Gasteiger partial charge in [-0.3, -0.25) is 4.79 Å². The molecule has 3 N–H and O–H groups in total. The Balaban J connectivity index is 0.00000103. The standard InChI is InChI=1S/C19H38N2O2.C2HF3O2/c1-3-5-7-9-11-13-21-19(22)17-15-20-16-18(17)23-14-12-10-8-6-4-2;3-2(4,5)1(6)7/h17-18,20H,3-16H2,1-2H3,(H,21,22);(H,6,7)/t17-,18+;/m1./s1. The SMILES string of the molecule is CCCCCCCNC(=O)[C@@H]1CNC[C@@H]1OCCCCCCC.O=C(O)C(F)(F)F. The molecule has 6 nitrogen and oxygen atoms in total. The zero-order valence-electron chi connectivity index (χ0n) is 18.4. The average molecular weight is 441 g/mol. The Morgan fingerprint density at radius 1 is 0.967 bits per heavy atom. The fourth-order valence-corrected chi connectivity index (χ4v) is 3.10. The number of ether oxygens (including phenoxy) is 1. The Hall–Kier alpha value is -1.35. The third-order valence-electron chi connectivity index (χ3n) is 4.90. The summed E-state index contributed by atoms with van der Waals surface area (Å²) in [6, 6.07) is 0. The first kappa shape index (κ1) is 28.6. The molecule has 0 saturated carbocycles. The highest BCUT2D eigenvalue weighted by Gasteiger charge is 2.38. The Labute approximate surface area is 178 Å². The Morgan fingerprint density at radius 3 is 2.03 bits per heavy atom. The lowest BCUT2D eigenvalue weighted by molar-refractivity contribution is -0.192.